The summed E-state index contributed by atoms with van der Waals surface area (Å²) in [6, 6.07) is 17.8. The Morgan fingerprint density at radius 1 is 1.00 bits per heavy atom. The van der Waals surface area contributed by atoms with E-state index in [4.69, 9.17) is 5.73 Å². The lowest BCUT2D eigenvalue weighted by atomic mass is 10.0. The summed E-state index contributed by atoms with van der Waals surface area (Å²) in [5.74, 6) is 0.497. The number of carbonyl (C=O) groups is 1. The van der Waals surface area contributed by atoms with Crippen molar-refractivity contribution in [2.45, 2.75) is 38.8 Å². The molecular weight excluding hydrogens is 272 g/mol. The van der Waals surface area contributed by atoms with Crippen molar-refractivity contribution in [3.8, 4) is 0 Å². The van der Waals surface area contributed by atoms with Gasteiger partial charge in [-0.2, -0.15) is 0 Å². The van der Waals surface area contributed by atoms with Crippen LogP contribution in [0.15, 0.2) is 54.6 Å². The van der Waals surface area contributed by atoms with Gasteiger partial charge >= 0.3 is 0 Å². The molecule has 0 aliphatic rings. The maximum atomic E-state index is 12.0. The Kier molecular flexibility index (Phi) is 5.73. The van der Waals surface area contributed by atoms with Gasteiger partial charge < -0.3 is 11.1 Å². The predicted molar refractivity (Wildman–Crippen MR) is 90.4 cm³/mol. The Morgan fingerprint density at radius 2 is 1.64 bits per heavy atom. The number of carbonyl (C=O) groups excluding carboxylic acids is 1. The van der Waals surface area contributed by atoms with Crippen molar-refractivity contribution in [3.63, 3.8) is 0 Å². The van der Waals surface area contributed by atoms with Gasteiger partial charge in [-0.15, -0.1) is 0 Å². The molecule has 2 rings (SSSR count). The number of rotatable bonds is 6. The second-order valence-electron chi connectivity index (χ2n) is 5.89. The second kappa shape index (κ2) is 7.76. The quantitative estimate of drug-likeness (QED) is 0.857. The highest BCUT2D eigenvalue weighted by Crippen LogP contribution is 2.15. The Morgan fingerprint density at radius 3 is 2.23 bits per heavy atom. The molecule has 0 saturated carbocycles. The lowest BCUT2D eigenvalue weighted by Crippen LogP contribution is -2.27. The van der Waals surface area contributed by atoms with Gasteiger partial charge in [-0.3, -0.25) is 4.79 Å². The second-order valence-corrected chi connectivity index (χ2v) is 5.89. The molecule has 0 aromatic heterocycles. The van der Waals surface area contributed by atoms with E-state index in [2.05, 4.69) is 43.4 Å². The van der Waals surface area contributed by atoms with Crippen molar-refractivity contribution in [2.24, 2.45) is 5.73 Å². The van der Waals surface area contributed by atoms with E-state index < -0.39 is 0 Å². The highest BCUT2D eigenvalue weighted by atomic mass is 16.1. The molecule has 0 radical (unpaired) electrons. The number of nitrogens with one attached hydrogen (secondary N) is 1. The summed E-state index contributed by atoms with van der Waals surface area (Å²) < 4.78 is 0. The summed E-state index contributed by atoms with van der Waals surface area (Å²) in [6.07, 6.45) is 0.300. The molecular formula is C19H24N2O. The number of hydrogen-bond acceptors (Lipinski definition) is 2. The summed E-state index contributed by atoms with van der Waals surface area (Å²) in [5.41, 5.74) is 9.45. The molecule has 0 saturated heterocycles. The first-order chi connectivity index (χ1) is 10.6. The molecule has 3 heteroatoms. The summed E-state index contributed by atoms with van der Waals surface area (Å²) in [7, 11) is 0. The van der Waals surface area contributed by atoms with Gasteiger partial charge in [-0.1, -0.05) is 68.4 Å². The van der Waals surface area contributed by atoms with Crippen molar-refractivity contribution >= 4 is 5.91 Å². The molecule has 3 nitrogen and oxygen atoms in total. The van der Waals surface area contributed by atoms with Crippen LogP contribution in [-0.2, 0) is 11.3 Å². The monoisotopic (exact) mass is 296 g/mol. The first-order valence-corrected chi connectivity index (χ1v) is 7.72. The minimum Gasteiger partial charge on any atom is -0.352 e. The van der Waals surface area contributed by atoms with Crippen LogP contribution in [0.4, 0.5) is 0 Å². The number of amides is 1. The van der Waals surface area contributed by atoms with Crippen LogP contribution < -0.4 is 11.1 Å². The molecule has 2 aromatic rings. The standard InChI is InChI=1S/C19H24N2O/c1-14(2)16-10-8-15(9-11-16)13-21-19(22)12-18(20)17-6-4-3-5-7-17/h3-11,14,18H,12-13,20H2,1-2H3,(H,21,22). The smallest absolute Gasteiger partial charge is 0.222 e. The number of hydrogen-bond donors (Lipinski definition) is 2. The highest BCUT2D eigenvalue weighted by molar-refractivity contribution is 5.76. The van der Waals surface area contributed by atoms with E-state index in [1.165, 1.54) is 5.56 Å². The topological polar surface area (TPSA) is 55.1 Å². The summed E-state index contributed by atoms with van der Waals surface area (Å²) in [4.78, 5) is 12.0. The Hall–Kier alpha value is -2.13. The van der Waals surface area contributed by atoms with Crippen LogP contribution in [0.2, 0.25) is 0 Å². The zero-order valence-electron chi connectivity index (χ0n) is 13.3. The van der Waals surface area contributed by atoms with Crippen LogP contribution in [0.5, 0.6) is 0 Å². The Bertz CT molecular complexity index is 591. The molecule has 0 spiro atoms. The van der Waals surface area contributed by atoms with Crippen LogP contribution >= 0.6 is 0 Å². The first kappa shape index (κ1) is 16.2. The fraction of sp³-hybridized carbons (Fsp3) is 0.316. The van der Waals surface area contributed by atoms with Crippen LogP contribution in [0.3, 0.4) is 0 Å². The molecule has 0 aliphatic carbocycles. The molecule has 1 amide bonds. The lowest BCUT2D eigenvalue weighted by molar-refractivity contribution is -0.121. The Balaban J connectivity index is 1.82. The molecule has 2 aromatic carbocycles. The van der Waals surface area contributed by atoms with Gasteiger partial charge in [0.05, 0.1) is 0 Å². The van der Waals surface area contributed by atoms with Crippen molar-refractivity contribution < 1.29 is 4.79 Å². The Labute approximate surface area is 132 Å². The van der Waals surface area contributed by atoms with Gasteiger partial charge in [0.15, 0.2) is 0 Å². The summed E-state index contributed by atoms with van der Waals surface area (Å²) in [6.45, 7) is 4.88. The molecule has 3 N–H and O–H groups in total. The van der Waals surface area contributed by atoms with Crippen molar-refractivity contribution in [1.82, 2.24) is 5.32 Å². The molecule has 0 heterocycles. The summed E-state index contributed by atoms with van der Waals surface area (Å²) >= 11 is 0. The molecule has 1 unspecified atom stereocenters. The van der Waals surface area contributed by atoms with E-state index in [9.17, 15) is 4.79 Å². The van der Waals surface area contributed by atoms with E-state index >= 15 is 0 Å². The van der Waals surface area contributed by atoms with Gasteiger partial charge in [0.25, 0.3) is 0 Å². The number of benzene rings is 2. The highest BCUT2D eigenvalue weighted by Gasteiger charge is 2.11. The minimum atomic E-state index is -0.260. The molecule has 116 valence electrons. The maximum Gasteiger partial charge on any atom is 0.222 e. The predicted octanol–water partition coefficient (Wildman–Crippen LogP) is 3.52. The molecule has 0 fully saturated rings. The third-order valence-corrected chi connectivity index (χ3v) is 3.77. The fourth-order valence-electron chi connectivity index (χ4n) is 2.31. The first-order valence-electron chi connectivity index (χ1n) is 7.72. The normalized spacial score (nSPS) is 12.2. The van der Waals surface area contributed by atoms with Crippen LogP contribution in [-0.4, -0.2) is 5.91 Å². The van der Waals surface area contributed by atoms with Gasteiger partial charge in [-0.05, 0) is 22.6 Å². The van der Waals surface area contributed by atoms with Crippen LogP contribution in [0.1, 0.15) is 48.9 Å². The average molecular weight is 296 g/mol. The largest absolute Gasteiger partial charge is 0.352 e. The van der Waals surface area contributed by atoms with E-state index in [0.29, 0.717) is 18.9 Å². The van der Waals surface area contributed by atoms with Crippen molar-refractivity contribution in [3.05, 3.63) is 71.3 Å². The zero-order chi connectivity index (χ0) is 15.9. The summed E-state index contributed by atoms with van der Waals surface area (Å²) in [5, 5.41) is 2.93. The van der Waals surface area contributed by atoms with Crippen LogP contribution in [0, 0.1) is 0 Å². The zero-order valence-corrected chi connectivity index (χ0v) is 13.3. The molecule has 1 atom stereocenters. The maximum absolute atomic E-state index is 12.0. The third kappa shape index (κ3) is 4.71. The van der Waals surface area contributed by atoms with Gasteiger partial charge in [0.2, 0.25) is 5.91 Å². The molecule has 22 heavy (non-hydrogen) atoms. The minimum absolute atomic E-state index is 0.0238. The van der Waals surface area contributed by atoms with Crippen molar-refractivity contribution in [2.75, 3.05) is 0 Å². The van der Waals surface area contributed by atoms with E-state index in [1.54, 1.807) is 0 Å². The van der Waals surface area contributed by atoms with E-state index in [-0.39, 0.29) is 11.9 Å². The van der Waals surface area contributed by atoms with E-state index in [0.717, 1.165) is 11.1 Å². The third-order valence-electron chi connectivity index (χ3n) is 3.77. The molecule has 0 aliphatic heterocycles. The lowest BCUT2D eigenvalue weighted by Gasteiger charge is -2.12. The van der Waals surface area contributed by atoms with E-state index in [1.807, 2.05) is 30.3 Å². The average Bonchev–Trinajstić information content (AvgIpc) is 2.54. The SMILES string of the molecule is CC(C)c1ccc(CNC(=O)CC(N)c2ccccc2)cc1. The number of nitrogens with two attached hydrogens (primary N) is 1. The fourth-order valence-corrected chi connectivity index (χ4v) is 2.31. The van der Waals surface area contributed by atoms with Crippen LogP contribution in [0.25, 0.3) is 0 Å². The van der Waals surface area contributed by atoms with Gasteiger partial charge in [0, 0.05) is 19.0 Å². The van der Waals surface area contributed by atoms with Crippen molar-refractivity contribution in [1.29, 1.82) is 0 Å². The van der Waals surface area contributed by atoms with Gasteiger partial charge in [0.1, 0.15) is 0 Å². The molecule has 0 bridgehead atoms. The van der Waals surface area contributed by atoms with Gasteiger partial charge in [-0.25, -0.2) is 0 Å².